The molecule has 0 heterocycles. The lowest BCUT2D eigenvalue weighted by atomic mass is 9.27. The molecule has 68 heavy (non-hydrogen) atoms. The van der Waals surface area contributed by atoms with Crippen LogP contribution in [0.5, 0.6) is 0 Å². The Hall–Kier alpha value is -7.10. The average Bonchev–Trinajstić information content (AvgIpc) is 3.34. The Kier molecular flexibility index (Phi) is 12.8. The summed E-state index contributed by atoms with van der Waals surface area (Å²) >= 11 is 0. The van der Waals surface area contributed by atoms with Crippen LogP contribution in [0.2, 0.25) is 0 Å². The second-order valence-electron chi connectivity index (χ2n) is 14.0. The lowest BCUT2D eigenvalue weighted by Gasteiger charge is -2.46. The number of carbonyl (C=O) groups is 1. The van der Waals surface area contributed by atoms with Crippen LogP contribution in [-0.4, -0.2) is 12.4 Å². The standard InChI is InChI=1S/C43H15BF20NO2P/c45-22-19(23(46)29(52)34(57)28(22)51)44(20-24(47)30(53)35(58)31(54)25(20)48,21-26(49)32(55)36(59)33(56)27(21)50)67-43(66)65(42-40(63)38(61)37(60)39(62)41(42)64)68(16-10-4-1-5-11-16,17-12-6-2-7-13-17)18-14-8-3-9-15-18/h1-15H. The van der Waals surface area contributed by atoms with Gasteiger partial charge in [-0.25, -0.2) is 92.6 Å². The molecule has 0 atom stereocenters. The lowest BCUT2D eigenvalue weighted by Crippen LogP contribution is -2.76. The normalized spacial score (nSPS) is 11.9. The molecule has 0 radical (unpaired) electrons. The van der Waals surface area contributed by atoms with E-state index < -0.39 is 179 Å². The molecule has 0 saturated carbocycles. The van der Waals surface area contributed by atoms with Gasteiger partial charge in [0.1, 0.15) is 50.8 Å². The van der Waals surface area contributed by atoms with Gasteiger partial charge in [0.25, 0.3) is 6.35 Å². The zero-order chi connectivity index (χ0) is 50.1. The third-order valence-corrected chi connectivity index (χ3v) is 14.6. The summed E-state index contributed by atoms with van der Waals surface area (Å²) in [6.07, 6.45) is -10.6. The van der Waals surface area contributed by atoms with Crippen LogP contribution in [0.1, 0.15) is 0 Å². The molecule has 0 aliphatic rings. The van der Waals surface area contributed by atoms with E-state index in [1.54, 1.807) is 0 Å². The van der Waals surface area contributed by atoms with E-state index in [9.17, 15) is 17.6 Å². The van der Waals surface area contributed by atoms with Crippen molar-refractivity contribution in [1.82, 2.24) is 0 Å². The van der Waals surface area contributed by atoms with E-state index in [0.717, 1.165) is 72.8 Å². The molecule has 0 aliphatic heterocycles. The highest BCUT2D eigenvalue weighted by atomic mass is 31.2. The van der Waals surface area contributed by atoms with E-state index in [4.69, 9.17) is 4.65 Å². The number of nitrogens with zero attached hydrogens (tertiary/aromatic N) is 1. The quantitative estimate of drug-likeness (QED) is 0.0474. The fourth-order valence-corrected chi connectivity index (χ4v) is 11.8. The lowest BCUT2D eigenvalue weighted by molar-refractivity contribution is 0.211. The summed E-state index contributed by atoms with van der Waals surface area (Å²) in [7, 11) is -5.32. The number of hydrogen-bond donors (Lipinski definition) is 0. The van der Waals surface area contributed by atoms with Gasteiger partial charge in [0.2, 0.25) is 13.2 Å². The molecule has 0 bridgehead atoms. The van der Waals surface area contributed by atoms with Gasteiger partial charge in [-0.05, 0) is 36.4 Å². The number of carbonyl (C=O) groups excluding carboxylic acids is 1. The SMILES string of the molecule is O=C(O[B-](c1c(F)c(F)c(F)c(F)c1F)(c1c(F)c(F)c(F)c(F)c1F)c1c(F)c(F)c(F)c(F)c1F)N(c1c(F)c(F)c(F)c(F)c1F)[P+](c1ccccc1)(c1ccccc1)c1ccccc1. The maximum atomic E-state index is 16.6. The fourth-order valence-electron chi connectivity index (χ4n) is 7.62. The molecular formula is C43H15BF20NO2P. The molecule has 0 saturated heterocycles. The minimum atomic E-state index is -7.29. The van der Waals surface area contributed by atoms with Crippen LogP contribution in [0.15, 0.2) is 91.0 Å². The Balaban J connectivity index is 1.83. The van der Waals surface area contributed by atoms with Crippen LogP contribution in [0, 0.1) is 116 Å². The number of hydrogen-bond acceptors (Lipinski definition) is 2. The Morgan fingerprint density at radius 1 is 0.324 bits per heavy atom. The third-order valence-electron chi connectivity index (χ3n) is 10.5. The largest absolute Gasteiger partial charge is 0.657 e. The van der Waals surface area contributed by atoms with E-state index in [2.05, 4.69) is 0 Å². The van der Waals surface area contributed by atoms with Crippen LogP contribution in [0.4, 0.5) is 98.3 Å². The molecule has 0 fully saturated rings. The summed E-state index contributed by atoms with van der Waals surface area (Å²) < 4.78 is 318. The van der Waals surface area contributed by atoms with Gasteiger partial charge in [-0.15, -0.1) is 4.67 Å². The third kappa shape index (κ3) is 7.01. The van der Waals surface area contributed by atoms with Gasteiger partial charge in [-0.3, -0.25) is 0 Å². The van der Waals surface area contributed by atoms with Gasteiger partial charge in [-0.2, -0.15) is 0 Å². The van der Waals surface area contributed by atoms with Crippen molar-refractivity contribution in [3.8, 4) is 0 Å². The number of rotatable bonds is 9. The molecular weight excluding hydrogens is 984 g/mol. The van der Waals surface area contributed by atoms with Crippen molar-refractivity contribution in [3.05, 3.63) is 207 Å². The second-order valence-corrected chi connectivity index (χ2v) is 17.2. The molecule has 1 amide bonds. The van der Waals surface area contributed by atoms with Crippen molar-refractivity contribution >= 4 is 57.8 Å². The molecule has 0 spiro atoms. The summed E-state index contributed by atoms with van der Waals surface area (Å²) in [5, 5.41) is -1.67. The summed E-state index contributed by atoms with van der Waals surface area (Å²) in [5.74, 6) is -68.0. The summed E-state index contributed by atoms with van der Waals surface area (Å²) in [5.41, 5.74) is -13.1. The topological polar surface area (TPSA) is 29.5 Å². The average molecular weight is 999 g/mol. The Labute approximate surface area is 366 Å². The maximum absolute atomic E-state index is 16.6. The molecule has 7 aromatic rings. The van der Waals surface area contributed by atoms with Crippen LogP contribution in [0.3, 0.4) is 0 Å². The minimum Gasteiger partial charge on any atom is -0.657 e. The van der Waals surface area contributed by atoms with Crippen molar-refractivity contribution in [1.29, 1.82) is 0 Å². The molecule has 0 aliphatic carbocycles. The number of anilines is 1. The molecule has 7 aromatic carbocycles. The van der Waals surface area contributed by atoms with E-state index in [1.807, 2.05) is 0 Å². The van der Waals surface area contributed by atoms with E-state index in [-0.39, 0.29) is 0 Å². The van der Waals surface area contributed by atoms with Crippen LogP contribution in [0.25, 0.3) is 0 Å². The highest BCUT2D eigenvalue weighted by molar-refractivity contribution is 7.97. The van der Waals surface area contributed by atoms with Gasteiger partial charge < -0.3 is 4.65 Å². The summed E-state index contributed by atoms with van der Waals surface area (Å²) in [6, 6.07) is 15.7. The smallest absolute Gasteiger partial charge is 0.400 e. The Morgan fingerprint density at radius 2 is 0.529 bits per heavy atom. The first-order valence-corrected chi connectivity index (χ1v) is 20.1. The molecule has 7 rings (SSSR count). The van der Waals surface area contributed by atoms with Crippen molar-refractivity contribution in [3.63, 3.8) is 0 Å². The first-order chi connectivity index (χ1) is 32.0. The molecule has 352 valence electrons. The first kappa shape index (κ1) is 48.8. The number of halogens is 20. The van der Waals surface area contributed by atoms with E-state index in [0.29, 0.717) is 0 Å². The highest BCUT2D eigenvalue weighted by Gasteiger charge is 2.60. The highest BCUT2D eigenvalue weighted by Crippen LogP contribution is 2.62. The predicted octanol–water partition coefficient (Wildman–Crippen LogP) is 9.99. The van der Waals surface area contributed by atoms with Crippen LogP contribution in [-0.2, 0) is 4.65 Å². The van der Waals surface area contributed by atoms with Gasteiger partial charge in [-0.1, -0.05) is 71.0 Å². The first-order valence-electron chi connectivity index (χ1n) is 18.3. The zero-order valence-electron chi connectivity index (χ0n) is 32.5. The van der Waals surface area contributed by atoms with E-state index in [1.165, 1.54) is 18.2 Å². The van der Waals surface area contributed by atoms with Gasteiger partial charge in [0, 0.05) is 0 Å². The number of benzene rings is 7. The summed E-state index contributed by atoms with van der Waals surface area (Å²) in [4.78, 5) is 15.6. The fraction of sp³-hybridized carbons (Fsp3) is 0. The zero-order valence-corrected chi connectivity index (χ0v) is 33.4. The number of amides is 1. The van der Waals surface area contributed by atoms with Crippen molar-refractivity contribution in [2.24, 2.45) is 0 Å². The van der Waals surface area contributed by atoms with Crippen molar-refractivity contribution in [2.45, 2.75) is 0 Å². The molecule has 0 aromatic heterocycles. The molecule has 0 unspecified atom stereocenters. The minimum absolute atomic E-state index is 0.555. The van der Waals surface area contributed by atoms with Crippen molar-refractivity contribution < 1.29 is 97.3 Å². The van der Waals surface area contributed by atoms with Gasteiger partial charge in [0.15, 0.2) is 81.3 Å². The van der Waals surface area contributed by atoms with E-state index >= 15 is 75.0 Å². The predicted molar refractivity (Wildman–Crippen MR) is 204 cm³/mol. The van der Waals surface area contributed by atoms with Crippen LogP contribution < -0.4 is 37.0 Å². The van der Waals surface area contributed by atoms with Gasteiger partial charge in [0.05, 0.1) is 0 Å². The van der Waals surface area contributed by atoms with Crippen LogP contribution >= 0.6 is 7.41 Å². The molecule has 25 heteroatoms. The van der Waals surface area contributed by atoms with Crippen molar-refractivity contribution in [2.75, 3.05) is 4.67 Å². The summed E-state index contributed by atoms with van der Waals surface area (Å²) in [6.45, 7) is 0. The van der Waals surface area contributed by atoms with Gasteiger partial charge >= 0.3 is 6.09 Å². The maximum Gasteiger partial charge on any atom is 0.400 e. The molecule has 3 nitrogen and oxygen atoms in total. The Bertz CT molecular complexity index is 2820. The second kappa shape index (κ2) is 17.9. The molecule has 0 N–H and O–H groups in total. The monoisotopic (exact) mass is 999 g/mol. The Morgan fingerprint density at radius 3 is 0.765 bits per heavy atom.